The van der Waals surface area contributed by atoms with Crippen LogP contribution >= 0.6 is 0 Å². The van der Waals surface area contributed by atoms with Crippen molar-refractivity contribution in [2.75, 3.05) is 5.32 Å². The van der Waals surface area contributed by atoms with Crippen molar-refractivity contribution in [3.05, 3.63) is 48.3 Å². The fourth-order valence-corrected chi connectivity index (χ4v) is 1.26. The summed E-state index contributed by atoms with van der Waals surface area (Å²) in [5.74, 6) is 0. The molecular weight excluding hydrogens is 188 g/mol. The molecule has 76 valence electrons. The number of anilines is 1. The Bertz CT molecular complexity index is 428. The minimum atomic E-state index is 0.667. The van der Waals surface area contributed by atoms with Crippen LogP contribution in [0.25, 0.3) is 0 Å². The number of hydrogen-bond donors (Lipinski definition) is 1. The Kier molecular flexibility index (Phi) is 2.88. The first-order valence-electron chi connectivity index (χ1n) is 4.75. The van der Waals surface area contributed by atoms with E-state index in [1.165, 1.54) is 5.56 Å². The van der Waals surface area contributed by atoms with Crippen molar-refractivity contribution in [3.8, 4) is 0 Å². The van der Waals surface area contributed by atoms with E-state index < -0.39 is 0 Å². The van der Waals surface area contributed by atoms with Gasteiger partial charge in [-0.2, -0.15) is 0 Å². The highest BCUT2D eigenvalue weighted by molar-refractivity contribution is 5.47. The molecule has 15 heavy (non-hydrogen) atoms. The Labute approximate surface area is 88.4 Å². The molecule has 4 heteroatoms. The van der Waals surface area contributed by atoms with Crippen molar-refractivity contribution in [1.29, 1.82) is 0 Å². The standard InChI is InChI=1S/C11H12N4/c1-9-2-3-12-8-11(9)15-7-10-6-13-4-5-14-10/h2-6,8,15H,7H2,1H3. The van der Waals surface area contributed by atoms with E-state index >= 15 is 0 Å². The van der Waals surface area contributed by atoms with Crippen molar-refractivity contribution in [2.24, 2.45) is 0 Å². The Balaban J connectivity index is 2.03. The number of hydrogen-bond acceptors (Lipinski definition) is 4. The van der Waals surface area contributed by atoms with E-state index in [2.05, 4.69) is 20.3 Å². The van der Waals surface area contributed by atoms with Gasteiger partial charge in [0, 0.05) is 18.6 Å². The second kappa shape index (κ2) is 4.50. The average molecular weight is 200 g/mol. The topological polar surface area (TPSA) is 50.7 Å². The van der Waals surface area contributed by atoms with Gasteiger partial charge in [-0.3, -0.25) is 15.0 Å². The Hall–Kier alpha value is -1.97. The SMILES string of the molecule is Cc1ccncc1NCc1cnccn1. The molecule has 2 heterocycles. The molecule has 0 aliphatic rings. The summed E-state index contributed by atoms with van der Waals surface area (Å²) in [4.78, 5) is 12.2. The van der Waals surface area contributed by atoms with E-state index in [9.17, 15) is 0 Å². The van der Waals surface area contributed by atoms with Crippen LogP contribution < -0.4 is 5.32 Å². The monoisotopic (exact) mass is 200 g/mol. The molecule has 0 spiro atoms. The van der Waals surface area contributed by atoms with E-state index in [0.29, 0.717) is 6.54 Å². The van der Waals surface area contributed by atoms with Crippen LogP contribution in [0, 0.1) is 6.92 Å². The van der Waals surface area contributed by atoms with Gasteiger partial charge < -0.3 is 5.32 Å². The molecule has 0 radical (unpaired) electrons. The van der Waals surface area contributed by atoms with Crippen LogP contribution in [0.3, 0.4) is 0 Å². The van der Waals surface area contributed by atoms with E-state index in [-0.39, 0.29) is 0 Å². The van der Waals surface area contributed by atoms with Gasteiger partial charge >= 0.3 is 0 Å². The summed E-state index contributed by atoms with van der Waals surface area (Å²) in [6.45, 7) is 2.71. The molecule has 0 fully saturated rings. The van der Waals surface area contributed by atoms with Crippen molar-refractivity contribution in [2.45, 2.75) is 13.5 Å². The number of pyridine rings is 1. The fourth-order valence-electron chi connectivity index (χ4n) is 1.26. The summed E-state index contributed by atoms with van der Waals surface area (Å²) in [5, 5.41) is 3.26. The van der Waals surface area contributed by atoms with E-state index in [1.807, 2.05) is 19.2 Å². The number of aromatic nitrogens is 3. The Morgan fingerprint density at radius 2 is 2.00 bits per heavy atom. The third-order valence-electron chi connectivity index (χ3n) is 2.12. The summed E-state index contributed by atoms with van der Waals surface area (Å²) in [6, 6.07) is 1.97. The third kappa shape index (κ3) is 2.49. The lowest BCUT2D eigenvalue weighted by Crippen LogP contribution is -2.03. The third-order valence-corrected chi connectivity index (χ3v) is 2.12. The van der Waals surface area contributed by atoms with Gasteiger partial charge in [-0.05, 0) is 18.6 Å². The first-order valence-corrected chi connectivity index (χ1v) is 4.75. The second-order valence-electron chi connectivity index (χ2n) is 3.24. The molecule has 0 aliphatic heterocycles. The number of rotatable bonds is 3. The zero-order valence-corrected chi connectivity index (χ0v) is 8.51. The van der Waals surface area contributed by atoms with Crippen LogP contribution in [-0.2, 0) is 6.54 Å². The maximum atomic E-state index is 4.18. The molecule has 0 aromatic carbocycles. The van der Waals surface area contributed by atoms with E-state index in [0.717, 1.165) is 11.4 Å². The number of nitrogens with zero attached hydrogens (tertiary/aromatic N) is 3. The highest BCUT2D eigenvalue weighted by Gasteiger charge is 1.97. The molecule has 0 amide bonds. The van der Waals surface area contributed by atoms with Crippen molar-refractivity contribution in [3.63, 3.8) is 0 Å². The quantitative estimate of drug-likeness (QED) is 0.820. The summed E-state index contributed by atoms with van der Waals surface area (Å²) < 4.78 is 0. The normalized spacial score (nSPS) is 9.93. The molecular formula is C11H12N4. The van der Waals surface area contributed by atoms with Gasteiger partial charge in [0.25, 0.3) is 0 Å². The van der Waals surface area contributed by atoms with Gasteiger partial charge in [0.2, 0.25) is 0 Å². The summed E-state index contributed by atoms with van der Waals surface area (Å²) >= 11 is 0. The smallest absolute Gasteiger partial charge is 0.0777 e. The molecule has 2 rings (SSSR count). The van der Waals surface area contributed by atoms with Gasteiger partial charge in [-0.1, -0.05) is 0 Å². The lowest BCUT2D eigenvalue weighted by atomic mass is 10.2. The summed E-state index contributed by atoms with van der Waals surface area (Å²) in [5.41, 5.74) is 3.12. The fraction of sp³-hybridized carbons (Fsp3) is 0.182. The molecule has 0 saturated heterocycles. The predicted octanol–water partition coefficient (Wildman–Crippen LogP) is 1.79. The molecule has 0 bridgehead atoms. The first kappa shape index (κ1) is 9.58. The minimum absolute atomic E-state index is 0.667. The average Bonchev–Trinajstić information content (AvgIpc) is 2.29. The predicted molar refractivity (Wildman–Crippen MR) is 58.3 cm³/mol. The van der Waals surface area contributed by atoms with Gasteiger partial charge in [0.15, 0.2) is 0 Å². The van der Waals surface area contributed by atoms with Crippen molar-refractivity contribution >= 4 is 5.69 Å². The zero-order chi connectivity index (χ0) is 10.5. The van der Waals surface area contributed by atoms with Crippen molar-refractivity contribution < 1.29 is 0 Å². The highest BCUT2D eigenvalue weighted by atomic mass is 14.9. The molecule has 0 atom stereocenters. The van der Waals surface area contributed by atoms with E-state index in [1.54, 1.807) is 24.8 Å². The molecule has 4 nitrogen and oxygen atoms in total. The van der Waals surface area contributed by atoms with Gasteiger partial charge in [-0.25, -0.2) is 0 Å². The molecule has 2 aromatic heterocycles. The molecule has 0 unspecified atom stereocenters. The van der Waals surface area contributed by atoms with Crippen LogP contribution in [-0.4, -0.2) is 15.0 Å². The lowest BCUT2D eigenvalue weighted by molar-refractivity contribution is 1.00. The molecule has 0 saturated carbocycles. The van der Waals surface area contributed by atoms with Crippen LogP contribution in [0.5, 0.6) is 0 Å². The number of nitrogens with one attached hydrogen (secondary N) is 1. The summed E-state index contributed by atoms with van der Waals surface area (Å²) in [6.07, 6.45) is 8.69. The second-order valence-corrected chi connectivity index (χ2v) is 3.24. The van der Waals surface area contributed by atoms with Gasteiger partial charge in [-0.15, -0.1) is 0 Å². The number of aryl methyl sites for hydroxylation is 1. The molecule has 1 N–H and O–H groups in total. The minimum Gasteiger partial charge on any atom is -0.378 e. The van der Waals surface area contributed by atoms with E-state index in [4.69, 9.17) is 0 Å². The summed E-state index contributed by atoms with van der Waals surface area (Å²) in [7, 11) is 0. The van der Waals surface area contributed by atoms with Crippen molar-refractivity contribution in [1.82, 2.24) is 15.0 Å². The maximum Gasteiger partial charge on any atom is 0.0777 e. The largest absolute Gasteiger partial charge is 0.378 e. The lowest BCUT2D eigenvalue weighted by Gasteiger charge is -2.07. The molecule has 0 aliphatic carbocycles. The zero-order valence-electron chi connectivity index (χ0n) is 8.51. The van der Waals surface area contributed by atoms with Gasteiger partial charge in [0.05, 0.1) is 30.3 Å². The Morgan fingerprint density at radius 1 is 1.13 bits per heavy atom. The molecule has 2 aromatic rings. The van der Waals surface area contributed by atoms with Gasteiger partial charge in [0.1, 0.15) is 0 Å². The van der Waals surface area contributed by atoms with Crippen LogP contribution in [0.4, 0.5) is 5.69 Å². The van der Waals surface area contributed by atoms with Crippen LogP contribution in [0.15, 0.2) is 37.1 Å². The highest BCUT2D eigenvalue weighted by Crippen LogP contribution is 2.11. The van der Waals surface area contributed by atoms with Crippen LogP contribution in [0.1, 0.15) is 11.3 Å². The van der Waals surface area contributed by atoms with Crippen LogP contribution in [0.2, 0.25) is 0 Å². The Morgan fingerprint density at radius 3 is 2.73 bits per heavy atom. The maximum absolute atomic E-state index is 4.18. The first-order chi connectivity index (χ1) is 7.36.